The number of nitrogens with one attached hydrogen (secondary N) is 1. The average molecular weight is 259 g/mol. The number of fused-ring (bicyclic) bond motifs is 1. The number of para-hydroxylation sites is 1. The van der Waals surface area contributed by atoms with Gasteiger partial charge in [-0.2, -0.15) is 5.26 Å². The minimum atomic E-state index is -1.00. The summed E-state index contributed by atoms with van der Waals surface area (Å²) in [7, 11) is 0. The van der Waals surface area contributed by atoms with Crippen LogP contribution in [0.4, 0.5) is 5.13 Å². The smallest absolute Gasteiger partial charge is 0.246 e. The van der Waals surface area contributed by atoms with Crippen LogP contribution in [0.15, 0.2) is 24.3 Å². The second-order valence-electron chi connectivity index (χ2n) is 4.24. The third-order valence-electron chi connectivity index (χ3n) is 2.97. The number of amides is 1. The summed E-state index contributed by atoms with van der Waals surface area (Å²) in [5, 5.41) is 12.3. The van der Waals surface area contributed by atoms with Gasteiger partial charge in [-0.05, 0) is 25.5 Å². The largest absolute Gasteiger partial charge is 0.301 e. The summed E-state index contributed by atoms with van der Waals surface area (Å²) in [6.45, 7) is 3.46. The molecule has 18 heavy (non-hydrogen) atoms. The minimum absolute atomic E-state index is 0.299. The minimum Gasteiger partial charge on any atom is -0.301 e. The molecule has 1 aromatic carbocycles. The van der Waals surface area contributed by atoms with Crippen LogP contribution in [0.3, 0.4) is 0 Å². The first-order valence-corrected chi connectivity index (χ1v) is 6.49. The molecule has 1 N–H and O–H groups in total. The highest BCUT2D eigenvalue weighted by molar-refractivity contribution is 7.22. The highest BCUT2D eigenvalue weighted by atomic mass is 32.1. The number of nitrogens with zero attached hydrogens (tertiary/aromatic N) is 2. The molecule has 92 valence electrons. The van der Waals surface area contributed by atoms with Crippen LogP contribution in [-0.4, -0.2) is 10.9 Å². The van der Waals surface area contributed by atoms with E-state index in [-0.39, 0.29) is 5.91 Å². The monoisotopic (exact) mass is 259 g/mol. The van der Waals surface area contributed by atoms with Gasteiger partial charge in [-0.3, -0.25) is 4.79 Å². The van der Waals surface area contributed by atoms with Crippen LogP contribution in [0.1, 0.15) is 20.3 Å². The second kappa shape index (κ2) is 4.75. The SMILES string of the molecule is CCC(C)(C#N)C(=O)Nc1nc2ccccc2s1. The Morgan fingerprint density at radius 3 is 2.89 bits per heavy atom. The highest BCUT2D eigenvalue weighted by Gasteiger charge is 2.31. The molecule has 0 aliphatic carbocycles. The van der Waals surface area contributed by atoms with Crippen molar-refractivity contribution in [3.63, 3.8) is 0 Å². The summed E-state index contributed by atoms with van der Waals surface area (Å²) in [4.78, 5) is 16.3. The maximum atomic E-state index is 12.0. The molecule has 2 rings (SSSR count). The number of carbonyl (C=O) groups excluding carboxylic acids is 1. The summed E-state index contributed by atoms with van der Waals surface area (Å²) in [6, 6.07) is 9.72. The Labute approximate surface area is 109 Å². The molecule has 1 aromatic heterocycles. The van der Waals surface area contributed by atoms with Gasteiger partial charge in [0.25, 0.3) is 0 Å². The first-order valence-electron chi connectivity index (χ1n) is 5.67. The Balaban J connectivity index is 2.24. The first-order chi connectivity index (χ1) is 8.59. The Kier molecular flexibility index (Phi) is 3.30. The van der Waals surface area contributed by atoms with E-state index in [1.807, 2.05) is 37.3 Å². The average Bonchev–Trinajstić information content (AvgIpc) is 2.79. The summed E-state index contributed by atoms with van der Waals surface area (Å²) >= 11 is 1.41. The predicted molar refractivity (Wildman–Crippen MR) is 72.3 cm³/mol. The molecule has 1 atom stereocenters. The third kappa shape index (κ3) is 2.20. The molecule has 1 unspecified atom stereocenters. The van der Waals surface area contributed by atoms with Crippen LogP contribution in [0.25, 0.3) is 10.2 Å². The zero-order valence-electron chi connectivity index (χ0n) is 10.2. The Bertz CT molecular complexity index is 595. The number of hydrogen-bond acceptors (Lipinski definition) is 4. The Morgan fingerprint density at radius 1 is 1.56 bits per heavy atom. The van der Waals surface area contributed by atoms with E-state index in [1.54, 1.807) is 6.92 Å². The molecule has 0 aliphatic rings. The molecule has 0 saturated heterocycles. The van der Waals surface area contributed by atoms with Gasteiger partial charge in [-0.25, -0.2) is 4.98 Å². The Morgan fingerprint density at radius 2 is 2.28 bits per heavy atom. The molecule has 5 heteroatoms. The van der Waals surface area contributed by atoms with Crippen LogP contribution in [0.2, 0.25) is 0 Å². The molecule has 1 amide bonds. The van der Waals surface area contributed by atoms with Gasteiger partial charge in [0.05, 0.1) is 16.3 Å². The number of rotatable bonds is 3. The van der Waals surface area contributed by atoms with Crippen molar-refractivity contribution in [2.75, 3.05) is 5.32 Å². The molecule has 4 nitrogen and oxygen atoms in total. The van der Waals surface area contributed by atoms with Gasteiger partial charge in [-0.1, -0.05) is 30.4 Å². The van der Waals surface area contributed by atoms with Crippen molar-refractivity contribution >= 4 is 32.6 Å². The quantitative estimate of drug-likeness (QED) is 0.920. The molecule has 0 aliphatic heterocycles. The van der Waals surface area contributed by atoms with E-state index in [2.05, 4.69) is 10.3 Å². The predicted octanol–water partition coefficient (Wildman–Crippen LogP) is 3.17. The van der Waals surface area contributed by atoms with E-state index in [0.717, 1.165) is 10.2 Å². The van der Waals surface area contributed by atoms with E-state index in [1.165, 1.54) is 11.3 Å². The number of carbonyl (C=O) groups is 1. The lowest BCUT2D eigenvalue weighted by atomic mass is 9.88. The van der Waals surface area contributed by atoms with E-state index in [9.17, 15) is 4.79 Å². The molecule has 0 radical (unpaired) electrons. The first kappa shape index (κ1) is 12.5. The van der Waals surface area contributed by atoms with Gasteiger partial charge in [-0.15, -0.1) is 0 Å². The fourth-order valence-electron chi connectivity index (χ4n) is 1.45. The summed E-state index contributed by atoms with van der Waals surface area (Å²) in [6.07, 6.45) is 0.472. The van der Waals surface area contributed by atoms with Gasteiger partial charge >= 0.3 is 0 Å². The van der Waals surface area contributed by atoms with Gasteiger partial charge in [0.15, 0.2) is 5.13 Å². The van der Waals surface area contributed by atoms with Crippen LogP contribution < -0.4 is 5.32 Å². The van der Waals surface area contributed by atoms with E-state index < -0.39 is 5.41 Å². The van der Waals surface area contributed by atoms with Crippen molar-refractivity contribution in [3.8, 4) is 6.07 Å². The van der Waals surface area contributed by atoms with E-state index in [4.69, 9.17) is 5.26 Å². The number of nitriles is 1. The molecule has 1 heterocycles. The van der Waals surface area contributed by atoms with Crippen molar-refractivity contribution < 1.29 is 4.79 Å². The van der Waals surface area contributed by atoms with Gasteiger partial charge in [0.2, 0.25) is 5.91 Å². The van der Waals surface area contributed by atoms with Crippen molar-refractivity contribution in [1.29, 1.82) is 5.26 Å². The van der Waals surface area contributed by atoms with Crippen LogP contribution in [0.5, 0.6) is 0 Å². The van der Waals surface area contributed by atoms with Crippen molar-refractivity contribution in [3.05, 3.63) is 24.3 Å². The van der Waals surface area contributed by atoms with Gasteiger partial charge in [0, 0.05) is 0 Å². The van der Waals surface area contributed by atoms with Gasteiger partial charge < -0.3 is 5.32 Å². The van der Waals surface area contributed by atoms with Crippen molar-refractivity contribution in [2.45, 2.75) is 20.3 Å². The maximum absolute atomic E-state index is 12.0. The number of aromatic nitrogens is 1. The fraction of sp³-hybridized carbons (Fsp3) is 0.308. The van der Waals surface area contributed by atoms with Crippen LogP contribution >= 0.6 is 11.3 Å². The highest BCUT2D eigenvalue weighted by Crippen LogP contribution is 2.28. The normalized spacial score (nSPS) is 13.8. The number of thiazole rings is 1. The zero-order chi connectivity index (χ0) is 13.2. The molecular formula is C13H13N3OS. The fourth-order valence-corrected chi connectivity index (χ4v) is 2.31. The number of anilines is 1. The summed E-state index contributed by atoms with van der Waals surface area (Å²) < 4.78 is 1.02. The van der Waals surface area contributed by atoms with E-state index >= 15 is 0 Å². The van der Waals surface area contributed by atoms with Gasteiger partial charge in [0.1, 0.15) is 5.41 Å². The molecule has 0 fully saturated rings. The zero-order valence-corrected chi connectivity index (χ0v) is 11.0. The maximum Gasteiger partial charge on any atom is 0.246 e. The molecule has 0 bridgehead atoms. The topological polar surface area (TPSA) is 65.8 Å². The molecule has 2 aromatic rings. The Hall–Kier alpha value is -1.93. The van der Waals surface area contributed by atoms with Crippen molar-refractivity contribution in [1.82, 2.24) is 4.98 Å². The second-order valence-corrected chi connectivity index (χ2v) is 5.27. The standard InChI is InChI=1S/C13H13N3OS/c1-3-13(2,8-14)11(17)16-12-15-9-6-4-5-7-10(9)18-12/h4-7H,3H2,1-2H3,(H,15,16,17). The molecule has 0 saturated carbocycles. The third-order valence-corrected chi connectivity index (χ3v) is 3.92. The lowest BCUT2D eigenvalue weighted by Gasteiger charge is -2.16. The number of benzene rings is 1. The summed E-state index contributed by atoms with van der Waals surface area (Å²) in [5.74, 6) is -0.299. The summed E-state index contributed by atoms with van der Waals surface area (Å²) in [5.41, 5.74) is -0.148. The molecular weight excluding hydrogens is 246 g/mol. The molecule has 0 spiro atoms. The van der Waals surface area contributed by atoms with Crippen molar-refractivity contribution in [2.24, 2.45) is 5.41 Å². The van der Waals surface area contributed by atoms with Crippen LogP contribution in [0, 0.1) is 16.7 Å². The lowest BCUT2D eigenvalue weighted by Crippen LogP contribution is -2.31. The number of hydrogen-bond donors (Lipinski definition) is 1. The van der Waals surface area contributed by atoms with E-state index in [0.29, 0.717) is 11.6 Å². The van der Waals surface area contributed by atoms with Crippen LogP contribution in [-0.2, 0) is 4.79 Å². The lowest BCUT2D eigenvalue weighted by molar-refractivity contribution is -0.122.